The van der Waals surface area contributed by atoms with Crippen molar-refractivity contribution in [1.29, 1.82) is 0 Å². The van der Waals surface area contributed by atoms with Gasteiger partial charge in [-0.3, -0.25) is 4.18 Å². The predicted molar refractivity (Wildman–Crippen MR) is 37.7 cm³/mol. The third kappa shape index (κ3) is 4.72. The molecule has 0 fully saturated rings. The largest absolute Gasteiger partial charge is 0.316 e. The van der Waals surface area contributed by atoms with Gasteiger partial charge >= 0.3 is 0 Å². The molecule has 4 nitrogen and oxygen atoms in total. The van der Waals surface area contributed by atoms with Crippen molar-refractivity contribution in [2.24, 2.45) is 0 Å². The van der Waals surface area contributed by atoms with Gasteiger partial charge < -0.3 is 5.32 Å². The quantitative estimate of drug-likeness (QED) is 0.445. The Morgan fingerprint density at radius 2 is 2.20 bits per heavy atom. The fraction of sp³-hybridized carbons (Fsp3) is 0.800. The summed E-state index contributed by atoms with van der Waals surface area (Å²) in [6.45, 7) is 2.99. The van der Waals surface area contributed by atoms with Gasteiger partial charge in [0.05, 0.1) is 5.75 Å². The maximum atomic E-state index is 10.5. The van der Waals surface area contributed by atoms with Crippen LogP contribution in [0.1, 0.15) is 6.92 Å². The van der Waals surface area contributed by atoms with Crippen LogP contribution in [-0.4, -0.2) is 27.3 Å². The highest BCUT2D eigenvalue weighted by atomic mass is 32.2. The molecule has 0 spiro atoms. The molecular weight excluding hydrogens is 154 g/mol. The van der Waals surface area contributed by atoms with Gasteiger partial charge in [0.1, 0.15) is 7.11 Å². The lowest BCUT2D eigenvalue weighted by molar-refractivity contribution is 0.436. The van der Waals surface area contributed by atoms with E-state index in [4.69, 9.17) is 0 Å². The Morgan fingerprint density at radius 3 is 2.60 bits per heavy atom. The summed E-state index contributed by atoms with van der Waals surface area (Å²) < 4.78 is 24.7. The summed E-state index contributed by atoms with van der Waals surface area (Å²) in [6, 6.07) is 0. The second kappa shape index (κ2) is 4.65. The summed E-state index contributed by atoms with van der Waals surface area (Å²) in [5, 5.41) is 2.82. The molecule has 0 rings (SSSR count). The Hall–Kier alpha value is -0.130. The molecule has 2 radical (unpaired) electrons. The van der Waals surface area contributed by atoms with Gasteiger partial charge in [0, 0.05) is 6.54 Å². The third-order valence-electron chi connectivity index (χ3n) is 0.925. The molecule has 0 heterocycles. The average Bonchev–Trinajstić information content (AvgIpc) is 1.89. The number of nitrogens with one attached hydrogen (secondary N) is 1. The normalized spacial score (nSPS) is 11.8. The summed E-state index contributed by atoms with van der Waals surface area (Å²) >= 11 is 0. The summed E-state index contributed by atoms with van der Waals surface area (Å²) in [4.78, 5) is 0. The molecule has 0 amide bonds. The number of hydrogen-bond donors (Lipinski definition) is 1. The van der Waals surface area contributed by atoms with E-state index in [-0.39, 0.29) is 5.75 Å². The zero-order chi connectivity index (χ0) is 8.04. The van der Waals surface area contributed by atoms with Gasteiger partial charge in [0.2, 0.25) is 0 Å². The lowest BCUT2D eigenvalue weighted by atomic mass is 10.7. The zero-order valence-electron chi connectivity index (χ0n) is 5.83. The topological polar surface area (TPSA) is 55.4 Å². The van der Waals surface area contributed by atoms with Crippen LogP contribution < -0.4 is 5.32 Å². The summed E-state index contributed by atoms with van der Waals surface area (Å²) in [5.74, 6) is -0.0860. The van der Waals surface area contributed by atoms with Crippen LogP contribution in [-0.2, 0) is 14.3 Å². The maximum absolute atomic E-state index is 10.5. The summed E-state index contributed by atoms with van der Waals surface area (Å²) in [7, 11) is 0.996. The number of hydrogen-bond acceptors (Lipinski definition) is 4. The summed E-state index contributed by atoms with van der Waals surface area (Å²) in [5.41, 5.74) is 0. The molecule has 0 aromatic carbocycles. The van der Waals surface area contributed by atoms with Gasteiger partial charge in [-0.1, -0.05) is 6.92 Å². The van der Waals surface area contributed by atoms with Gasteiger partial charge in [-0.15, -0.1) is 0 Å². The Kier molecular flexibility index (Phi) is 4.59. The molecule has 10 heavy (non-hydrogen) atoms. The molecule has 0 unspecified atom stereocenters. The Balaban J connectivity index is 3.49. The van der Waals surface area contributed by atoms with E-state index in [9.17, 15) is 8.42 Å². The third-order valence-corrected chi connectivity index (χ3v) is 1.92. The van der Waals surface area contributed by atoms with E-state index in [2.05, 4.69) is 16.6 Å². The Labute approximate surface area is 61.7 Å². The first-order chi connectivity index (χ1) is 4.62. The van der Waals surface area contributed by atoms with Crippen molar-refractivity contribution >= 4 is 10.1 Å². The maximum Gasteiger partial charge on any atom is 0.269 e. The minimum Gasteiger partial charge on any atom is -0.316 e. The van der Waals surface area contributed by atoms with E-state index in [1.54, 1.807) is 0 Å². The highest BCUT2D eigenvalue weighted by Gasteiger charge is 2.06. The van der Waals surface area contributed by atoms with Crippen LogP contribution in [0.3, 0.4) is 0 Å². The van der Waals surface area contributed by atoms with Crippen molar-refractivity contribution in [3.63, 3.8) is 0 Å². The van der Waals surface area contributed by atoms with Crippen molar-refractivity contribution in [1.82, 2.24) is 5.32 Å². The van der Waals surface area contributed by atoms with E-state index in [0.29, 0.717) is 6.54 Å². The van der Waals surface area contributed by atoms with E-state index in [1.807, 2.05) is 6.92 Å². The van der Waals surface area contributed by atoms with Crippen molar-refractivity contribution in [2.75, 3.05) is 18.8 Å². The van der Waals surface area contributed by atoms with Gasteiger partial charge in [0.25, 0.3) is 10.1 Å². The molecular formula is C5H11NO3S. The molecule has 0 aliphatic carbocycles. The smallest absolute Gasteiger partial charge is 0.269 e. The monoisotopic (exact) mass is 165 g/mol. The fourth-order valence-electron chi connectivity index (χ4n) is 0.422. The molecule has 5 heteroatoms. The van der Waals surface area contributed by atoms with Crippen LogP contribution in [0.2, 0.25) is 0 Å². The van der Waals surface area contributed by atoms with E-state index in [0.717, 1.165) is 6.54 Å². The lowest BCUT2D eigenvalue weighted by Crippen LogP contribution is -2.22. The summed E-state index contributed by atoms with van der Waals surface area (Å²) in [6.07, 6.45) is 0. The first-order valence-corrected chi connectivity index (χ1v) is 4.52. The Morgan fingerprint density at radius 1 is 1.60 bits per heavy atom. The molecule has 60 valence electrons. The van der Waals surface area contributed by atoms with E-state index < -0.39 is 10.1 Å². The Bertz CT molecular complexity index is 164. The van der Waals surface area contributed by atoms with Crippen LogP contribution in [0.15, 0.2) is 0 Å². The minimum absolute atomic E-state index is 0.0860. The second-order valence-corrected chi connectivity index (χ2v) is 3.43. The highest BCUT2D eigenvalue weighted by Crippen LogP contribution is 1.88. The van der Waals surface area contributed by atoms with Crippen LogP contribution in [0, 0.1) is 7.11 Å². The van der Waals surface area contributed by atoms with Crippen LogP contribution in [0.5, 0.6) is 0 Å². The van der Waals surface area contributed by atoms with Crippen LogP contribution >= 0.6 is 0 Å². The SMILES string of the molecule is [CH]OS(=O)(=O)CCNCC. The van der Waals surface area contributed by atoms with Crippen LogP contribution in [0.25, 0.3) is 0 Å². The first-order valence-electron chi connectivity index (χ1n) is 2.94. The van der Waals surface area contributed by atoms with Crippen molar-refractivity contribution < 1.29 is 12.6 Å². The minimum atomic E-state index is -3.48. The van der Waals surface area contributed by atoms with E-state index in [1.165, 1.54) is 0 Å². The average molecular weight is 165 g/mol. The zero-order valence-corrected chi connectivity index (χ0v) is 6.65. The van der Waals surface area contributed by atoms with Crippen molar-refractivity contribution in [3.05, 3.63) is 7.11 Å². The van der Waals surface area contributed by atoms with Crippen molar-refractivity contribution in [2.45, 2.75) is 6.92 Å². The van der Waals surface area contributed by atoms with Gasteiger partial charge in [-0.2, -0.15) is 8.42 Å². The van der Waals surface area contributed by atoms with E-state index >= 15 is 0 Å². The van der Waals surface area contributed by atoms with Gasteiger partial charge in [0.15, 0.2) is 0 Å². The first kappa shape index (κ1) is 9.87. The molecule has 0 aliphatic rings. The van der Waals surface area contributed by atoms with Gasteiger partial charge in [-0.05, 0) is 6.54 Å². The van der Waals surface area contributed by atoms with Crippen LogP contribution in [0.4, 0.5) is 0 Å². The van der Waals surface area contributed by atoms with Gasteiger partial charge in [-0.25, -0.2) is 0 Å². The molecule has 0 saturated heterocycles. The fourth-order valence-corrected chi connectivity index (χ4v) is 0.913. The molecule has 0 atom stereocenters. The molecule has 1 N–H and O–H groups in total. The molecule has 0 bridgehead atoms. The standard InChI is InChI=1S/C5H11NO3S/c1-3-6-4-5-10(7,8)9-2/h2,6H,3-5H2,1H3. The lowest BCUT2D eigenvalue weighted by Gasteiger charge is -1.99. The molecule has 0 saturated carbocycles. The second-order valence-electron chi connectivity index (χ2n) is 1.71. The number of rotatable bonds is 5. The molecule has 0 aliphatic heterocycles. The van der Waals surface area contributed by atoms with Crippen molar-refractivity contribution in [3.8, 4) is 0 Å². The predicted octanol–water partition coefficient (Wildman–Crippen LogP) is -0.389. The highest BCUT2D eigenvalue weighted by molar-refractivity contribution is 7.86. The molecule has 0 aromatic rings. The molecule has 0 aromatic heterocycles.